The van der Waals surface area contributed by atoms with Crippen LogP contribution in [0.5, 0.6) is 0 Å². The molecule has 1 aromatic heterocycles. The van der Waals surface area contributed by atoms with Gasteiger partial charge in [-0.2, -0.15) is 17.5 Å². The zero-order chi connectivity index (χ0) is 27.8. The smallest absolute Gasteiger partial charge is 0.416 e. The van der Waals surface area contributed by atoms with Gasteiger partial charge in [-0.15, -0.1) is 0 Å². The highest BCUT2D eigenvalue weighted by molar-refractivity contribution is 7.89. The Morgan fingerprint density at radius 2 is 1.77 bits per heavy atom. The summed E-state index contributed by atoms with van der Waals surface area (Å²) in [6.45, 7) is 0.177. The Kier molecular flexibility index (Phi) is 7.21. The van der Waals surface area contributed by atoms with E-state index in [0.29, 0.717) is 36.0 Å². The van der Waals surface area contributed by atoms with Crippen molar-refractivity contribution in [2.45, 2.75) is 43.0 Å². The molecule has 3 aromatic carbocycles. The topological polar surface area (TPSA) is 79.6 Å². The molecular weight excluding hydrogens is 536 g/mol. The minimum atomic E-state index is -4.41. The number of hydrogen-bond donors (Lipinski definition) is 1. The standard InChI is InChI=1S/C28H24F4N2O4S/c29-21-9-13-26-19(16-21)17-27(38-26)39(36,37)34-14-2-5-24(34)25(35)12-6-18-3-1-4-23(15-18)33-22-10-7-20(8-11-22)28(30,31)32/h1,3-4,7-11,13,15-17,24,33H,2,5-6,12,14H2/t24-/m0/s1. The molecule has 0 amide bonds. The molecule has 11 heteroatoms. The van der Waals surface area contributed by atoms with Crippen molar-refractivity contribution in [2.24, 2.45) is 0 Å². The van der Waals surface area contributed by atoms with E-state index in [1.165, 1.54) is 36.4 Å². The molecular formula is C28H24F4N2O4S. The molecule has 0 unspecified atom stereocenters. The quantitative estimate of drug-likeness (QED) is 0.243. The summed E-state index contributed by atoms with van der Waals surface area (Å²) in [5.74, 6) is -0.737. The van der Waals surface area contributed by atoms with Crippen LogP contribution in [0.1, 0.15) is 30.4 Å². The molecule has 0 spiro atoms. The molecule has 0 radical (unpaired) electrons. The first-order valence-electron chi connectivity index (χ1n) is 12.3. The zero-order valence-corrected chi connectivity index (χ0v) is 21.4. The van der Waals surface area contributed by atoms with Crippen molar-refractivity contribution in [1.82, 2.24) is 4.31 Å². The van der Waals surface area contributed by atoms with Crippen LogP contribution in [0.15, 0.2) is 82.3 Å². The van der Waals surface area contributed by atoms with Gasteiger partial charge in [0.05, 0.1) is 11.6 Å². The Morgan fingerprint density at radius 1 is 1.00 bits per heavy atom. The van der Waals surface area contributed by atoms with Gasteiger partial charge in [-0.25, -0.2) is 12.8 Å². The van der Waals surface area contributed by atoms with Crippen molar-refractivity contribution < 1.29 is 35.2 Å². The van der Waals surface area contributed by atoms with Crippen molar-refractivity contribution >= 4 is 38.2 Å². The highest BCUT2D eigenvalue weighted by Gasteiger charge is 2.40. The van der Waals surface area contributed by atoms with Crippen LogP contribution in [0, 0.1) is 5.82 Å². The number of aryl methyl sites for hydroxylation is 1. The number of ketones is 1. The van der Waals surface area contributed by atoms with E-state index in [4.69, 9.17) is 4.42 Å². The number of benzene rings is 3. The Bertz CT molecular complexity index is 1610. The highest BCUT2D eigenvalue weighted by Crippen LogP contribution is 2.32. The number of rotatable bonds is 8. The summed E-state index contributed by atoms with van der Waals surface area (Å²) in [5.41, 5.74) is 1.44. The van der Waals surface area contributed by atoms with Gasteiger partial charge in [0, 0.05) is 35.8 Å². The van der Waals surface area contributed by atoms with Crippen LogP contribution in [0.3, 0.4) is 0 Å². The van der Waals surface area contributed by atoms with Crippen LogP contribution < -0.4 is 5.32 Å². The first kappa shape index (κ1) is 26.9. The molecule has 5 rings (SSSR count). The largest absolute Gasteiger partial charge is 0.443 e. The second-order valence-corrected chi connectivity index (χ2v) is 11.2. The van der Waals surface area contributed by atoms with E-state index in [1.54, 1.807) is 18.2 Å². The van der Waals surface area contributed by atoms with E-state index in [1.807, 2.05) is 6.07 Å². The maximum atomic E-state index is 13.5. The fourth-order valence-electron chi connectivity index (χ4n) is 4.73. The lowest BCUT2D eigenvalue weighted by Gasteiger charge is -2.21. The molecule has 2 heterocycles. The van der Waals surface area contributed by atoms with Gasteiger partial charge in [-0.1, -0.05) is 12.1 Å². The van der Waals surface area contributed by atoms with Crippen LogP contribution in [0.2, 0.25) is 0 Å². The maximum absolute atomic E-state index is 13.5. The van der Waals surface area contributed by atoms with Crippen molar-refractivity contribution in [3.8, 4) is 0 Å². The van der Waals surface area contributed by atoms with E-state index in [-0.39, 0.29) is 29.4 Å². The van der Waals surface area contributed by atoms with Crippen LogP contribution in [0.25, 0.3) is 11.0 Å². The molecule has 39 heavy (non-hydrogen) atoms. The second kappa shape index (κ2) is 10.5. The van der Waals surface area contributed by atoms with Gasteiger partial charge < -0.3 is 9.73 Å². The van der Waals surface area contributed by atoms with Crippen LogP contribution in [-0.4, -0.2) is 31.1 Å². The van der Waals surface area contributed by atoms with Crippen molar-refractivity contribution in [3.05, 3.63) is 89.7 Å². The Balaban J connectivity index is 1.24. The lowest BCUT2D eigenvalue weighted by Crippen LogP contribution is -2.40. The molecule has 1 atom stereocenters. The first-order chi connectivity index (χ1) is 18.5. The van der Waals surface area contributed by atoms with E-state index in [2.05, 4.69) is 5.32 Å². The minimum Gasteiger partial charge on any atom is -0.443 e. The minimum absolute atomic E-state index is 0.103. The fraction of sp³-hybridized carbons (Fsp3) is 0.250. The normalized spacial score (nSPS) is 16.6. The summed E-state index contributed by atoms with van der Waals surface area (Å²) in [4.78, 5) is 13.1. The molecule has 0 bridgehead atoms. The number of furan rings is 1. The number of nitrogens with one attached hydrogen (secondary N) is 1. The zero-order valence-electron chi connectivity index (χ0n) is 20.5. The number of nitrogens with zero attached hydrogens (tertiary/aromatic N) is 1. The number of alkyl halides is 3. The van der Waals surface area contributed by atoms with Gasteiger partial charge in [-0.3, -0.25) is 4.79 Å². The fourth-order valence-corrected chi connectivity index (χ4v) is 6.36. The molecule has 6 nitrogen and oxygen atoms in total. The molecule has 0 saturated carbocycles. The number of hydrogen-bond acceptors (Lipinski definition) is 5. The molecule has 1 saturated heterocycles. The molecule has 1 aliphatic heterocycles. The number of carbonyl (C=O) groups is 1. The van der Waals surface area contributed by atoms with Crippen molar-refractivity contribution in [3.63, 3.8) is 0 Å². The molecule has 1 fully saturated rings. The van der Waals surface area contributed by atoms with E-state index in [9.17, 15) is 30.8 Å². The number of anilines is 2. The predicted molar refractivity (Wildman–Crippen MR) is 138 cm³/mol. The van der Waals surface area contributed by atoms with Gasteiger partial charge in [0.2, 0.25) is 5.09 Å². The average Bonchev–Trinajstić information content (AvgIpc) is 3.55. The van der Waals surface area contributed by atoms with E-state index >= 15 is 0 Å². The maximum Gasteiger partial charge on any atom is 0.416 e. The summed E-state index contributed by atoms with van der Waals surface area (Å²) in [6, 6.07) is 16.0. The monoisotopic (exact) mass is 560 g/mol. The van der Waals surface area contributed by atoms with Crippen LogP contribution >= 0.6 is 0 Å². The summed E-state index contributed by atoms with van der Waals surface area (Å²) in [7, 11) is -4.10. The van der Waals surface area contributed by atoms with Gasteiger partial charge >= 0.3 is 6.18 Å². The Morgan fingerprint density at radius 3 is 2.51 bits per heavy atom. The third-order valence-corrected chi connectivity index (χ3v) is 8.45. The Labute approximate surface area is 222 Å². The summed E-state index contributed by atoms with van der Waals surface area (Å²) < 4.78 is 85.1. The van der Waals surface area contributed by atoms with Crippen LogP contribution in [0.4, 0.5) is 28.9 Å². The van der Waals surface area contributed by atoms with E-state index in [0.717, 1.165) is 22.0 Å². The van der Waals surface area contributed by atoms with Gasteiger partial charge in [0.15, 0.2) is 5.78 Å². The number of sulfonamides is 1. The molecule has 4 aromatic rings. The Hall–Kier alpha value is -3.70. The average molecular weight is 561 g/mol. The number of fused-ring (bicyclic) bond motifs is 1. The third-order valence-electron chi connectivity index (χ3n) is 6.68. The molecule has 204 valence electrons. The lowest BCUT2D eigenvalue weighted by molar-refractivity contribution is -0.137. The first-order valence-corrected chi connectivity index (χ1v) is 13.7. The second-order valence-electron chi connectivity index (χ2n) is 9.39. The van der Waals surface area contributed by atoms with Gasteiger partial charge in [0.25, 0.3) is 10.0 Å². The van der Waals surface area contributed by atoms with Gasteiger partial charge in [0.1, 0.15) is 11.4 Å². The van der Waals surface area contributed by atoms with E-state index < -0.39 is 33.6 Å². The van der Waals surface area contributed by atoms with Crippen molar-refractivity contribution in [1.29, 1.82) is 0 Å². The molecule has 1 aliphatic rings. The third kappa shape index (κ3) is 5.84. The summed E-state index contributed by atoms with van der Waals surface area (Å²) >= 11 is 0. The van der Waals surface area contributed by atoms with Gasteiger partial charge in [-0.05, 0) is 79.4 Å². The highest BCUT2D eigenvalue weighted by atomic mass is 32.2. The lowest BCUT2D eigenvalue weighted by atomic mass is 10.0. The number of Topliss-reactive ketones (excluding diaryl/α,β-unsaturated/α-hetero) is 1. The number of carbonyl (C=O) groups excluding carboxylic acids is 1. The number of halogens is 4. The SMILES string of the molecule is O=C(CCc1cccc(Nc2ccc(C(F)(F)F)cc2)c1)[C@@H]1CCCN1S(=O)(=O)c1cc2cc(F)ccc2o1. The summed E-state index contributed by atoms with van der Waals surface area (Å²) in [5, 5.41) is 3.04. The molecule has 0 aliphatic carbocycles. The predicted octanol–water partition coefficient (Wildman–Crippen LogP) is 6.69. The van der Waals surface area contributed by atoms with Crippen LogP contribution in [-0.2, 0) is 27.4 Å². The van der Waals surface area contributed by atoms with Crippen molar-refractivity contribution in [2.75, 3.05) is 11.9 Å². The molecule has 1 N–H and O–H groups in total. The summed E-state index contributed by atoms with van der Waals surface area (Å²) in [6.07, 6.45) is -3.04.